The van der Waals surface area contributed by atoms with Crippen LogP contribution in [0.3, 0.4) is 0 Å². The van der Waals surface area contributed by atoms with Crippen molar-refractivity contribution in [2.45, 2.75) is 25.6 Å². The van der Waals surface area contributed by atoms with Crippen molar-refractivity contribution in [1.29, 1.82) is 0 Å². The third-order valence-corrected chi connectivity index (χ3v) is 5.04. The molecular formula is C17H17N7O2S. The van der Waals surface area contributed by atoms with Crippen LogP contribution >= 0.6 is 11.8 Å². The number of fused-ring (bicyclic) bond motifs is 1. The van der Waals surface area contributed by atoms with Crippen LogP contribution in [-0.4, -0.2) is 40.4 Å². The Morgan fingerprint density at radius 3 is 2.85 bits per heavy atom. The molecule has 0 bridgehead atoms. The summed E-state index contributed by atoms with van der Waals surface area (Å²) in [6.45, 7) is 4.23. The number of hydrogen-bond donors (Lipinski definition) is 0. The van der Waals surface area contributed by atoms with Crippen LogP contribution in [0.2, 0.25) is 0 Å². The molecule has 10 heteroatoms. The van der Waals surface area contributed by atoms with Gasteiger partial charge in [-0.05, 0) is 24.8 Å². The van der Waals surface area contributed by atoms with Crippen molar-refractivity contribution in [2.24, 2.45) is 0 Å². The standard InChI is InChI=1S/C17H17N7O2S/c1-3-27-11(2)15-19-13(26-21-15)9-23-10-18-16-14(17(23)25)20-22-24(16)12-7-5-4-6-8-12/h4-8,10-11H,3,9H2,1-2H3. The highest BCUT2D eigenvalue weighted by molar-refractivity contribution is 7.99. The van der Waals surface area contributed by atoms with Gasteiger partial charge in [0.05, 0.1) is 10.9 Å². The van der Waals surface area contributed by atoms with Gasteiger partial charge in [-0.1, -0.05) is 35.5 Å². The minimum Gasteiger partial charge on any atom is -0.337 e. The van der Waals surface area contributed by atoms with Crippen LogP contribution in [0, 0.1) is 0 Å². The molecule has 1 aromatic carbocycles. The Bertz CT molecular complexity index is 1120. The molecule has 0 spiro atoms. The van der Waals surface area contributed by atoms with Gasteiger partial charge in [-0.3, -0.25) is 9.36 Å². The van der Waals surface area contributed by atoms with E-state index in [2.05, 4.69) is 32.4 Å². The maximum Gasteiger partial charge on any atom is 0.284 e. The first-order chi connectivity index (χ1) is 13.2. The van der Waals surface area contributed by atoms with E-state index in [1.807, 2.05) is 37.3 Å². The lowest BCUT2D eigenvalue weighted by molar-refractivity contribution is 0.364. The molecule has 138 valence electrons. The molecule has 0 saturated heterocycles. The molecule has 0 radical (unpaired) electrons. The monoisotopic (exact) mass is 383 g/mol. The van der Waals surface area contributed by atoms with Crippen molar-refractivity contribution in [2.75, 3.05) is 5.75 Å². The molecular weight excluding hydrogens is 366 g/mol. The largest absolute Gasteiger partial charge is 0.337 e. The predicted octanol–water partition coefficient (Wildman–Crippen LogP) is 2.22. The summed E-state index contributed by atoms with van der Waals surface area (Å²) in [4.78, 5) is 21.5. The zero-order chi connectivity index (χ0) is 18.8. The maximum absolute atomic E-state index is 12.7. The van der Waals surface area contributed by atoms with Crippen LogP contribution in [-0.2, 0) is 6.54 Å². The second kappa shape index (κ2) is 7.31. The van der Waals surface area contributed by atoms with Gasteiger partial charge in [-0.2, -0.15) is 21.4 Å². The van der Waals surface area contributed by atoms with E-state index in [9.17, 15) is 4.79 Å². The smallest absolute Gasteiger partial charge is 0.284 e. The summed E-state index contributed by atoms with van der Waals surface area (Å²) >= 11 is 1.72. The minimum atomic E-state index is -0.307. The predicted molar refractivity (Wildman–Crippen MR) is 101 cm³/mol. The van der Waals surface area contributed by atoms with Crippen LogP contribution < -0.4 is 5.56 Å². The molecule has 0 aliphatic rings. The van der Waals surface area contributed by atoms with Crippen LogP contribution in [0.4, 0.5) is 0 Å². The van der Waals surface area contributed by atoms with E-state index in [0.717, 1.165) is 11.4 Å². The Labute approximate surface area is 158 Å². The quantitative estimate of drug-likeness (QED) is 0.499. The van der Waals surface area contributed by atoms with Gasteiger partial charge < -0.3 is 4.52 Å². The van der Waals surface area contributed by atoms with E-state index in [1.54, 1.807) is 11.8 Å². The lowest BCUT2D eigenvalue weighted by Gasteiger charge is -2.03. The van der Waals surface area contributed by atoms with Gasteiger partial charge in [0.1, 0.15) is 12.9 Å². The van der Waals surface area contributed by atoms with Crippen LogP contribution in [0.1, 0.15) is 30.8 Å². The highest BCUT2D eigenvalue weighted by atomic mass is 32.2. The number of thioether (sulfide) groups is 1. The Morgan fingerprint density at radius 2 is 2.07 bits per heavy atom. The molecule has 0 saturated carbocycles. The molecule has 27 heavy (non-hydrogen) atoms. The number of para-hydroxylation sites is 1. The molecule has 0 amide bonds. The van der Waals surface area contributed by atoms with E-state index in [-0.39, 0.29) is 22.9 Å². The van der Waals surface area contributed by atoms with Gasteiger partial charge >= 0.3 is 0 Å². The van der Waals surface area contributed by atoms with Gasteiger partial charge in [0.2, 0.25) is 5.89 Å². The minimum absolute atomic E-state index is 0.135. The van der Waals surface area contributed by atoms with Crippen molar-refractivity contribution in [1.82, 2.24) is 34.7 Å². The number of aromatic nitrogens is 7. The second-order valence-electron chi connectivity index (χ2n) is 5.83. The topological polar surface area (TPSA) is 105 Å². The fourth-order valence-electron chi connectivity index (χ4n) is 2.67. The lowest BCUT2D eigenvalue weighted by atomic mass is 10.3. The molecule has 9 nitrogen and oxygen atoms in total. The molecule has 0 aliphatic carbocycles. The SMILES string of the molecule is CCSC(C)c1noc(Cn2cnc3c(nnn3-c3ccccc3)c2=O)n1. The summed E-state index contributed by atoms with van der Waals surface area (Å²) in [5.41, 5.74) is 1.07. The summed E-state index contributed by atoms with van der Waals surface area (Å²) in [5, 5.41) is 12.2. The Kier molecular flexibility index (Phi) is 4.71. The fourth-order valence-corrected chi connectivity index (χ4v) is 3.41. The summed E-state index contributed by atoms with van der Waals surface area (Å²) < 4.78 is 8.20. The van der Waals surface area contributed by atoms with Gasteiger partial charge in [0.15, 0.2) is 17.0 Å². The van der Waals surface area contributed by atoms with Crippen molar-refractivity contribution >= 4 is 22.9 Å². The van der Waals surface area contributed by atoms with Crippen LogP contribution in [0.5, 0.6) is 0 Å². The van der Waals surface area contributed by atoms with Crippen molar-refractivity contribution in [3.8, 4) is 5.69 Å². The van der Waals surface area contributed by atoms with Crippen molar-refractivity contribution < 1.29 is 4.52 Å². The zero-order valence-electron chi connectivity index (χ0n) is 14.8. The highest BCUT2D eigenvalue weighted by Gasteiger charge is 2.17. The molecule has 0 aliphatic heterocycles. The lowest BCUT2D eigenvalue weighted by Crippen LogP contribution is -2.21. The zero-order valence-corrected chi connectivity index (χ0v) is 15.6. The molecule has 0 fully saturated rings. The normalized spacial score (nSPS) is 12.5. The first-order valence-electron chi connectivity index (χ1n) is 8.47. The molecule has 4 rings (SSSR count). The van der Waals surface area contributed by atoms with Gasteiger partial charge in [0, 0.05) is 0 Å². The maximum atomic E-state index is 12.7. The van der Waals surface area contributed by atoms with E-state index in [1.165, 1.54) is 15.6 Å². The number of rotatable bonds is 6. The highest BCUT2D eigenvalue weighted by Crippen LogP contribution is 2.25. The Hall–Kier alpha value is -3.01. The van der Waals surface area contributed by atoms with E-state index in [0.29, 0.717) is 17.4 Å². The third-order valence-electron chi connectivity index (χ3n) is 4.00. The Balaban J connectivity index is 1.64. The molecule has 3 aromatic heterocycles. The first-order valence-corrected chi connectivity index (χ1v) is 9.52. The van der Waals surface area contributed by atoms with Gasteiger partial charge in [-0.25, -0.2) is 4.98 Å². The third kappa shape index (κ3) is 3.35. The van der Waals surface area contributed by atoms with E-state index >= 15 is 0 Å². The van der Waals surface area contributed by atoms with E-state index in [4.69, 9.17) is 4.52 Å². The summed E-state index contributed by atoms with van der Waals surface area (Å²) in [5.74, 6) is 1.93. The van der Waals surface area contributed by atoms with Gasteiger partial charge in [0.25, 0.3) is 5.56 Å². The number of benzene rings is 1. The first kappa shape index (κ1) is 17.4. The molecule has 3 heterocycles. The summed E-state index contributed by atoms with van der Waals surface area (Å²) in [7, 11) is 0. The van der Waals surface area contributed by atoms with Crippen molar-refractivity contribution in [3.63, 3.8) is 0 Å². The van der Waals surface area contributed by atoms with Crippen LogP contribution in [0.15, 0.2) is 46.0 Å². The van der Waals surface area contributed by atoms with Crippen molar-refractivity contribution in [3.05, 3.63) is 58.7 Å². The second-order valence-corrected chi connectivity index (χ2v) is 7.45. The molecule has 1 atom stereocenters. The number of hydrogen-bond acceptors (Lipinski definition) is 8. The van der Waals surface area contributed by atoms with Gasteiger partial charge in [-0.15, -0.1) is 5.10 Å². The molecule has 1 unspecified atom stereocenters. The average molecular weight is 383 g/mol. The number of nitrogens with zero attached hydrogens (tertiary/aromatic N) is 7. The fraction of sp³-hybridized carbons (Fsp3) is 0.294. The van der Waals surface area contributed by atoms with Crippen LogP contribution in [0.25, 0.3) is 16.9 Å². The van der Waals surface area contributed by atoms with E-state index < -0.39 is 0 Å². The molecule has 4 aromatic rings. The average Bonchev–Trinajstić information content (AvgIpc) is 3.32. The Morgan fingerprint density at radius 1 is 1.26 bits per heavy atom. The molecule has 0 N–H and O–H groups in total. The summed E-state index contributed by atoms with van der Waals surface area (Å²) in [6.07, 6.45) is 1.45. The summed E-state index contributed by atoms with van der Waals surface area (Å²) in [6, 6.07) is 9.42.